The van der Waals surface area contributed by atoms with Gasteiger partial charge in [0.1, 0.15) is 0 Å². The second kappa shape index (κ2) is 7.95. The first-order valence-electron chi connectivity index (χ1n) is 7.46. The SMILES string of the molecule is S=C(NCCCOCC1CC1)NC1CCCCC1. The van der Waals surface area contributed by atoms with E-state index >= 15 is 0 Å². The van der Waals surface area contributed by atoms with Gasteiger partial charge in [-0.25, -0.2) is 0 Å². The smallest absolute Gasteiger partial charge is 0.166 e. The normalized spacial score (nSPS) is 20.7. The molecule has 104 valence electrons. The van der Waals surface area contributed by atoms with E-state index in [0.717, 1.165) is 37.2 Å². The quantitative estimate of drug-likeness (QED) is 0.550. The summed E-state index contributed by atoms with van der Waals surface area (Å²) in [5, 5.41) is 7.51. The summed E-state index contributed by atoms with van der Waals surface area (Å²) < 4.78 is 5.59. The standard InChI is InChI=1S/C14H26N2OS/c18-14(16-13-5-2-1-3-6-13)15-9-4-10-17-11-12-7-8-12/h12-13H,1-11H2,(H2,15,16,18). The maximum absolute atomic E-state index is 5.59. The van der Waals surface area contributed by atoms with E-state index in [9.17, 15) is 0 Å². The van der Waals surface area contributed by atoms with Crippen LogP contribution in [0.1, 0.15) is 51.4 Å². The summed E-state index contributed by atoms with van der Waals surface area (Å²) >= 11 is 5.30. The summed E-state index contributed by atoms with van der Waals surface area (Å²) in [5.41, 5.74) is 0. The molecule has 2 aliphatic carbocycles. The summed E-state index contributed by atoms with van der Waals surface area (Å²) in [4.78, 5) is 0. The lowest BCUT2D eigenvalue weighted by Gasteiger charge is -2.24. The molecule has 0 atom stereocenters. The minimum absolute atomic E-state index is 0.602. The topological polar surface area (TPSA) is 33.3 Å². The largest absolute Gasteiger partial charge is 0.381 e. The van der Waals surface area contributed by atoms with E-state index in [1.54, 1.807) is 0 Å². The highest BCUT2D eigenvalue weighted by atomic mass is 32.1. The molecule has 0 spiro atoms. The van der Waals surface area contributed by atoms with Gasteiger partial charge < -0.3 is 15.4 Å². The van der Waals surface area contributed by atoms with Gasteiger partial charge in [-0.3, -0.25) is 0 Å². The van der Waals surface area contributed by atoms with Gasteiger partial charge in [-0.15, -0.1) is 0 Å². The molecule has 0 aromatic rings. The van der Waals surface area contributed by atoms with Crippen LogP contribution in [0.3, 0.4) is 0 Å². The monoisotopic (exact) mass is 270 g/mol. The molecular weight excluding hydrogens is 244 g/mol. The van der Waals surface area contributed by atoms with E-state index < -0.39 is 0 Å². The molecule has 2 N–H and O–H groups in total. The molecule has 0 amide bonds. The highest BCUT2D eigenvalue weighted by Crippen LogP contribution is 2.28. The fraction of sp³-hybridized carbons (Fsp3) is 0.929. The van der Waals surface area contributed by atoms with Crippen molar-refractivity contribution in [2.75, 3.05) is 19.8 Å². The van der Waals surface area contributed by atoms with E-state index in [2.05, 4.69) is 10.6 Å². The predicted molar refractivity (Wildman–Crippen MR) is 78.8 cm³/mol. The Balaban J connectivity index is 1.41. The number of ether oxygens (including phenoxy) is 1. The first kappa shape index (κ1) is 14.1. The van der Waals surface area contributed by atoms with Crippen LogP contribution in [0.15, 0.2) is 0 Å². The molecular formula is C14H26N2OS. The van der Waals surface area contributed by atoms with Crippen LogP contribution in [0.25, 0.3) is 0 Å². The Hall–Kier alpha value is -0.350. The molecule has 0 aromatic heterocycles. The van der Waals surface area contributed by atoms with Crippen LogP contribution in [-0.4, -0.2) is 30.9 Å². The molecule has 0 radical (unpaired) electrons. The maximum atomic E-state index is 5.59. The molecule has 0 saturated heterocycles. The van der Waals surface area contributed by atoms with Crippen molar-refractivity contribution in [2.45, 2.75) is 57.4 Å². The molecule has 2 aliphatic rings. The third-order valence-electron chi connectivity index (χ3n) is 3.74. The Kier molecular flexibility index (Phi) is 6.21. The van der Waals surface area contributed by atoms with Gasteiger partial charge in [0.05, 0.1) is 0 Å². The summed E-state index contributed by atoms with van der Waals surface area (Å²) in [6.45, 7) is 2.74. The van der Waals surface area contributed by atoms with E-state index in [1.807, 2.05) is 0 Å². The molecule has 0 unspecified atom stereocenters. The van der Waals surface area contributed by atoms with Gasteiger partial charge in [0.15, 0.2) is 5.11 Å². The zero-order valence-electron chi connectivity index (χ0n) is 11.2. The van der Waals surface area contributed by atoms with Crippen LogP contribution in [0.4, 0.5) is 0 Å². The highest BCUT2D eigenvalue weighted by Gasteiger charge is 2.20. The Labute approximate surface area is 116 Å². The molecule has 0 bridgehead atoms. The predicted octanol–water partition coefficient (Wildman–Crippen LogP) is 2.60. The zero-order chi connectivity index (χ0) is 12.6. The summed E-state index contributed by atoms with van der Waals surface area (Å²) in [6, 6.07) is 0.602. The molecule has 2 saturated carbocycles. The van der Waals surface area contributed by atoms with Crippen LogP contribution in [-0.2, 0) is 4.74 Å². The molecule has 0 aliphatic heterocycles. The molecule has 0 aromatic carbocycles. The molecule has 2 rings (SSSR count). The molecule has 0 heterocycles. The van der Waals surface area contributed by atoms with E-state index in [4.69, 9.17) is 17.0 Å². The lowest BCUT2D eigenvalue weighted by atomic mass is 9.96. The van der Waals surface area contributed by atoms with Crippen molar-refractivity contribution in [3.05, 3.63) is 0 Å². The second-order valence-electron chi connectivity index (χ2n) is 5.61. The Morgan fingerprint density at radius 3 is 2.61 bits per heavy atom. The third kappa shape index (κ3) is 6.01. The van der Waals surface area contributed by atoms with E-state index in [-0.39, 0.29) is 0 Å². The third-order valence-corrected chi connectivity index (χ3v) is 4.00. The fourth-order valence-electron chi connectivity index (χ4n) is 2.39. The number of hydrogen-bond acceptors (Lipinski definition) is 2. The minimum Gasteiger partial charge on any atom is -0.381 e. The van der Waals surface area contributed by atoms with Crippen LogP contribution in [0.5, 0.6) is 0 Å². The lowest BCUT2D eigenvalue weighted by Crippen LogP contribution is -2.43. The van der Waals surface area contributed by atoms with Gasteiger partial charge in [-0.2, -0.15) is 0 Å². The average molecular weight is 270 g/mol. The van der Waals surface area contributed by atoms with Crippen molar-refractivity contribution in [3.63, 3.8) is 0 Å². The van der Waals surface area contributed by atoms with Gasteiger partial charge >= 0.3 is 0 Å². The van der Waals surface area contributed by atoms with Crippen molar-refractivity contribution < 1.29 is 4.74 Å². The van der Waals surface area contributed by atoms with Gasteiger partial charge in [-0.05, 0) is 50.2 Å². The first-order valence-corrected chi connectivity index (χ1v) is 7.87. The average Bonchev–Trinajstić information content (AvgIpc) is 3.19. The molecule has 18 heavy (non-hydrogen) atoms. The Bertz CT molecular complexity index is 250. The number of rotatable bonds is 7. The van der Waals surface area contributed by atoms with Crippen molar-refractivity contribution in [1.82, 2.24) is 10.6 Å². The Morgan fingerprint density at radius 2 is 1.89 bits per heavy atom. The number of thiocarbonyl (C=S) groups is 1. The molecule has 3 nitrogen and oxygen atoms in total. The number of hydrogen-bond donors (Lipinski definition) is 2. The minimum atomic E-state index is 0.602. The summed E-state index contributed by atoms with van der Waals surface area (Å²) in [5.74, 6) is 0.868. The van der Waals surface area contributed by atoms with E-state index in [1.165, 1.54) is 44.9 Å². The van der Waals surface area contributed by atoms with Crippen LogP contribution < -0.4 is 10.6 Å². The Morgan fingerprint density at radius 1 is 1.11 bits per heavy atom. The van der Waals surface area contributed by atoms with Crippen LogP contribution >= 0.6 is 12.2 Å². The van der Waals surface area contributed by atoms with Crippen molar-refractivity contribution in [2.24, 2.45) is 5.92 Å². The zero-order valence-corrected chi connectivity index (χ0v) is 12.1. The summed E-state index contributed by atoms with van der Waals surface area (Å²) in [6.07, 6.45) is 10.4. The maximum Gasteiger partial charge on any atom is 0.166 e. The second-order valence-corrected chi connectivity index (χ2v) is 6.02. The van der Waals surface area contributed by atoms with Gasteiger partial charge in [0.25, 0.3) is 0 Å². The highest BCUT2D eigenvalue weighted by molar-refractivity contribution is 7.80. The van der Waals surface area contributed by atoms with Crippen molar-refractivity contribution in [3.8, 4) is 0 Å². The number of nitrogens with one attached hydrogen (secondary N) is 2. The lowest BCUT2D eigenvalue weighted by molar-refractivity contribution is 0.123. The first-order chi connectivity index (χ1) is 8.84. The van der Waals surface area contributed by atoms with Crippen LogP contribution in [0.2, 0.25) is 0 Å². The summed E-state index contributed by atoms with van der Waals surface area (Å²) in [7, 11) is 0. The van der Waals surface area contributed by atoms with Crippen LogP contribution in [0, 0.1) is 5.92 Å². The molecule has 2 fully saturated rings. The van der Waals surface area contributed by atoms with Crippen molar-refractivity contribution >= 4 is 17.3 Å². The van der Waals surface area contributed by atoms with E-state index in [0.29, 0.717) is 6.04 Å². The fourth-order valence-corrected chi connectivity index (χ4v) is 2.66. The van der Waals surface area contributed by atoms with Crippen molar-refractivity contribution in [1.29, 1.82) is 0 Å². The molecule has 4 heteroatoms. The van der Waals surface area contributed by atoms with Gasteiger partial charge in [0, 0.05) is 25.8 Å². The van der Waals surface area contributed by atoms with Gasteiger partial charge in [0.2, 0.25) is 0 Å². The van der Waals surface area contributed by atoms with Gasteiger partial charge in [-0.1, -0.05) is 19.3 Å².